The molecule has 0 radical (unpaired) electrons. The van der Waals surface area contributed by atoms with Crippen molar-refractivity contribution >= 4 is 0 Å². The van der Waals surface area contributed by atoms with Gasteiger partial charge in [-0.1, -0.05) is 0 Å². The predicted molar refractivity (Wildman–Crippen MR) is 80.9 cm³/mol. The van der Waals surface area contributed by atoms with E-state index in [0.29, 0.717) is 12.4 Å². The second kappa shape index (κ2) is 7.19. The largest absolute Gasteiger partial charge is 0.383 e. The monoisotopic (exact) mass is 287 g/mol. The number of aryl methyl sites for hydroxylation is 3. The highest BCUT2D eigenvalue weighted by atomic mass is 16.5. The van der Waals surface area contributed by atoms with Crippen LogP contribution in [0.3, 0.4) is 0 Å². The van der Waals surface area contributed by atoms with Crippen molar-refractivity contribution < 1.29 is 4.74 Å². The van der Waals surface area contributed by atoms with Crippen LogP contribution in [0.4, 0.5) is 0 Å². The molecule has 6 nitrogen and oxygen atoms in total. The Hall–Kier alpha value is -1.92. The van der Waals surface area contributed by atoms with Crippen LogP contribution in [0.2, 0.25) is 0 Å². The summed E-state index contributed by atoms with van der Waals surface area (Å²) in [5.74, 6) is 1.37. The van der Waals surface area contributed by atoms with E-state index < -0.39 is 0 Å². The predicted octanol–water partition coefficient (Wildman–Crippen LogP) is 1.59. The summed E-state index contributed by atoms with van der Waals surface area (Å²) >= 11 is 0. The maximum absolute atomic E-state index is 5.02. The van der Waals surface area contributed by atoms with Crippen molar-refractivity contribution in [1.82, 2.24) is 25.3 Å². The summed E-state index contributed by atoms with van der Waals surface area (Å²) in [5.41, 5.74) is 3.82. The lowest BCUT2D eigenvalue weighted by Crippen LogP contribution is -2.20. The first-order valence-corrected chi connectivity index (χ1v) is 6.95. The Kier molecular flexibility index (Phi) is 5.30. The minimum atomic E-state index is 0.649. The van der Waals surface area contributed by atoms with Crippen LogP contribution in [0.15, 0.2) is 12.3 Å². The van der Waals surface area contributed by atoms with Gasteiger partial charge in [0, 0.05) is 43.3 Å². The average molecular weight is 287 g/mol. The summed E-state index contributed by atoms with van der Waals surface area (Å²) in [6.07, 6.45) is 1.73. The van der Waals surface area contributed by atoms with E-state index in [9.17, 15) is 0 Å². The number of ether oxygens (including phenoxy) is 1. The number of methoxy groups -OCH3 is 1. The van der Waals surface area contributed by atoms with Gasteiger partial charge in [-0.25, -0.2) is 19.9 Å². The van der Waals surface area contributed by atoms with Gasteiger partial charge in [0.2, 0.25) is 0 Å². The quantitative estimate of drug-likeness (QED) is 0.814. The third-order valence-corrected chi connectivity index (χ3v) is 3.21. The molecule has 0 fully saturated rings. The molecule has 6 heteroatoms. The molecule has 2 aromatic heterocycles. The number of nitrogens with one attached hydrogen (secondary N) is 1. The van der Waals surface area contributed by atoms with Gasteiger partial charge < -0.3 is 10.1 Å². The molecule has 0 amide bonds. The van der Waals surface area contributed by atoms with Crippen molar-refractivity contribution in [2.45, 2.75) is 27.3 Å². The van der Waals surface area contributed by atoms with E-state index in [0.717, 1.165) is 41.6 Å². The molecule has 0 atom stereocenters. The van der Waals surface area contributed by atoms with Gasteiger partial charge in [0.25, 0.3) is 0 Å². The van der Waals surface area contributed by atoms with Gasteiger partial charge in [0.1, 0.15) is 11.5 Å². The highest BCUT2D eigenvalue weighted by molar-refractivity contribution is 5.49. The number of aromatic nitrogens is 4. The molecule has 0 spiro atoms. The fraction of sp³-hybridized carbons (Fsp3) is 0.467. The van der Waals surface area contributed by atoms with E-state index in [1.54, 1.807) is 13.3 Å². The molecule has 2 rings (SSSR count). The molecular weight excluding hydrogens is 266 g/mol. The van der Waals surface area contributed by atoms with Crippen LogP contribution in [-0.4, -0.2) is 40.2 Å². The zero-order chi connectivity index (χ0) is 15.2. The van der Waals surface area contributed by atoms with E-state index in [4.69, 9.17) is 4.74 Å². The summed E-state index contributed by atoms with van der Waals surface area (Å²) in [6.45, 7) is 8.10. The summed E-state index contributed by atoms with van der Waals surface area (Å²) in [4.78, 5) is 17.6. The molecule has 112 valence electrons. The lowest BCUT2D eigenvalue weighted by Gasteiger charge is -2.11. The van der Waals surface area contributed by atoms with Crippen LogP contribution in [-0.2, 0) is 11.3 Å². The van der Waals surface area contributed by atoms with E-state index in [1.165, 1.54) is 0 Å². The maximum atomic E-state index is 5.02. The van der Waals surface area contributed by atoms with Crippen molar-refractivity contribution in [2.24, 2.45) is 0 Å². The van der Waals surface area contributed by atoms with E-state index in [1.807, 2.05) is 26.8 Å². The number of rotatable bonds is 6. The van der Waals surface area contributed by atoms with Gasteiger partial charge in [0.05, 0.1) is 6.61 Å². The van der Waals surface area contributed by atoms with Gasteiger partial charge in [-0.15, -0.1) is 0 Å². The molecule has 0 unspecified atom stereocenters. The summed E-state index contributed by atoms with van der Waals surface area (Å²) < 4.78 is 5.02. The molecule has 0 aliphatic heterocycles. The Morgan fingerprint density at radius 1 is 1.10 bits per heavy atom. The maximum Gasteiger partial charge on any atom is 0.178 e. The fourth-order valence-corrected chi connectivity index (χ4v) is 2.08. The van der Waals surface area contributed by atoms with Crippen LogP contribution >= 0.6 is 0 Å². The lowest BCUT2D eigenvalue weighted by molar-refractivity contribution is 0.199. The minimum Gasteiger partial charge on any atom is -0.383 e. The zero-order valence-electron chi connectivity index (χ0n) is 13.0. The molecule has 0 aliphatic rings. The smallest absolute Gasteiger partial charge is 0.178 e. The first-order valence-electron chi connectivity index (χ1n) is 6.95. The van der Waals surface area contributed by atoms with Crippen molar-refractivity contribution in [2.75, 3.05) is 20.3 Å². The van der Waals surface area contributed by atoms with Crippen LogP contribution in [0.25, 0.3) is 11.5 Å². The highest BCUT2D eigenvalue weighted by Crippen LogP contribution is 2.16. The third kappa shape index (κ3) is 4.03. The molecular formula is C15H21N5O. The summed E-state index contributed by atoms with van der Waals surface area (Å²) in [6, 6.07) is 1.83. The normalized spacial score (nSPS) is 10.9. The van der Waals surface area contributed by atoms with E-state index in [-0.39, 0.29) is 0 Å². The van der Waals surface area contributed by atoms with Gasteiger partial charge in [0.15, 0.2) is 5.82 Å². The minimum absolute atomic E-state index is 0.649. The number of nitrogens with zero attached hydrogens (tertiary/aromatic N) is 4. The SMILES string of the molecule is COCCNCc1c(C)nc(-c2ccnc(C)n2)nc1C. The van der Waals surface area contributed by atoms with Gasteiger partial charge >= 0.3 is 0 Å². The standard InChI is InChI=1S/C15H21N5O/c1-10-13(9-16-7-8-21-4)11(2)19-15(18-10)14-5-6-17-12(3)20-14/h5-6,16H,7-9H2,1-4H3. The molecule has 21 heavy (non-hydrogen) atoms. The van der Waals surface area contributed by atoms with Gasteiger partial charge in [-0.05, 0) is 26.8 Å². The highest BCUT2D eigenvalue weighted by Gasteiger charge is 2.10. The number of hydrogen-bond acceptors (Lipinski definition) is 6. The molecule has 0 saturated heterocycles. The van der Waals surface area contributed by atoms with Crippen LogP contribution in [0, 0.1) is 20.8 Å². The second-order valence-corrected chi connectivity index (χ2v) is 4.86. The molecule has 0 bridgehead atoms. The first kappa shape index (κ1) is 15.5. The molecule has 2 aromatic rings. The second-order valence-electron chi connectivity index (χ2n) is 4.86. The first-order chi connectivity index (χ1) is 10.1. The van der Waals surface area contributed by atoms with Crippen molar-refractivity contribution in [1.29, 1.82) is 0 Å². The van der Waals surface area contributed by atoms with Crippen molar-refractivity contribution in [3.8, 4) is 11.5 Å². The Balaban J connectivity index is 2.20. The van der Waals surface area contributed by atoms with Crippen molar-refractivity contribution in [3.63, 3.8) is 0 Å². The average Bonchev–Trinajstić information content (AvgIpc) is 2.45. The third-order valence-electron chi connectivity index (χ3n) is 3.21. The lowest BCUT2D eigenvalue weighted by atomic mass is 10.1. The Morgan fingerprint density at radius 3 is 2.43 bits per heavy atom. The van der Waals surface area contributed by atoms with Gasteiger partial charge in [-0.3, -0.25) is 0 Å². The Bertz CT molecular complexity index is 592. The van der Waals surface area contributed by atoms with Crippen LogP contribution < -0.4 is 5.32 Å². The van der Waals surface area contributed by atoms with Crippen LogP contribution in [0.1, 0.15) is 22.8 Å². The molecule has 0 saturated carbocycles. The summed E-state index contributed by atoms with van der Waals surface area (Å²) in [5, 5.41) is 3.32. The van der Waals surface area contributed by atoms with Gasteiger partial charge in [-0.2, -0.15) is 0 Å². The topological polar surface area (TPSA) is 72.8 Å². The molecule has 1 N–H and O–H groups in total. The Morgan fingerprint density at radius 2 is 1.81 bits per heavy atom. The molecule has 2 heterocycles. The van der Waals surface area contributed by atoms with E-state index >= 15 is 0 Å². The fourth-order valence-electron chi connectivity index (χ4n) is 2.08. The number of hydrogen-bond donors (Lipinski definition) is 1. The van der Waals surface area contributed by atoms with Crippen LogP contribution in [0.5, 0.6) is 0 Å². The molecule has 0 aliphatic carbocycles. The molecule has 0 aromatic carbocycles. The zero-order valence-corrected chi connectivity index (χ0v) is 13.0. The van der Waals surface area contributed by atoms with E-state index in [2.05, 4.69) is 25.3 Å². The summed E-state index contributed by atoms with van der Waals surface area (Å²) in [7, 11) is 1.69. The van der Waals surface area contributed by atoms with Crippen molar-refractivity contribution in [3.05, 3.63) is 35.0 Å². The Labute approximate surface area is 125 Å².